The van der Waals surface area contributed by atoms with Crippen LogP contribution in [0.5, 0.6) is 0 Å². The summed E-state index contributed by atoms with van der Waals surface area (Å²) in [6, 6.07) is 0. The Kier molecular flexibility index (Phi) is 4.44. The van der Waals surface area contributed by atoms with Crippen LogP contribution in [0.15, 0.2) is 12.4 Å². The second-order valence-corrected chi connectivity index (χ2v) is 5.77. The first-order valence-corrected chi connectivity index (χ1v) is 7.59. The van der Waals surface area contributed by atoms with E-state index < -0.39 is 0 Å². The van der Waals surface area contributed by atoms with Crippen molar-refractivity contribution in [3.05, 3.63) is 35.4 Å². The fraction of sp³-hybridized carbons (Fsp3) is 0.600. The second-order valence-electron chi connectivity index (χ2n) is 5.77. The van der Waals surface area contributed by atoms with Gasteiger partial charge < -0.3 is 4.74 Å². The third kappa shape index (κ3) is 3.66. The van der Waals surface area contributed by atoms with Crippen LogP contribution in [-0.2, 0) is 17.8 Å². The Hall–Kier alpha value is -1.86. The Morgan fingerprint density at radius 2 is 2.09 bits per heavy atom. The van der Waals surface area contributed by atoms with E-state index in [1.807, 2.05) is 37.8 Å². The molecule has 2 aromatic heterocycles. The van der Waals surface area contributed by atoms with E-state index in [-0.39, 0.29) is 6.10 Å². The van der Waals surface area contributed by atoms with Gasteiger partial charge in [-0.2, -0.15) is 5.10 Å². The number of ether oxygens (including phenoxy) is 1. The van der Waals surface area contributed by atoms with Crippen molar-refractivity contribution in [1.29, 1.82) is 0 Å². The van der Waals surface area contributed by atoms with Gasteiger partial charge in [0.15, 0.2) is 0 Å². The van der Waals surface area contributed by atoms with Gasteiger partial charge in [0, 0.05) is 32.0 Å². The van der Waals surface area contributed by atoms with Gasteiger partial charge in [-0.15, -0.1) is 0 Å². The summed E-state index contributed by atoms with van der Waals surface area (Å²) in [6.45, 7) is 9.90. The molecule has 7 nitrogen and oxygen atoms in total. The van der Waals surface area contributed by atoms with E-state index in [2.05, 4.69) is 25.0 Å². The molecule has 1 fully saturated rings. The van der Waals surface area contributed by atoms with E-state index in [1.54, 1.807) is 0 Å². The zero-order chi connectivity index (χ0) is 15.5. The smallest absolute Gasteiger partial charge is 0.147 e. The van der Waals surface area contributed by atoms with E-state index in [0.29, 0.717) is 0 Å². The maximum Gasteiger partial charge on any atom is 0.147 e. The Labute approximate surface area is 130 Å². The zero-order valence-electron chi connectivity index (χ0n) is 13.4. The van der Waals surface area contributed by atoms with Gasteiger partial charge in [-0.05, 0) is 20.8 Å². The van der Waals surface area contributed by atoms with Crippen LogP contribution < -0.4 is 0 Å². The topological polar surface area (TPSA) is 69.0 Å². The van der Waals surface area contributed by atoms with Crippen LogP contribution in [0.2, 0.25) is 0 Å². The summed E-state index contributed by atoms with van der Waals surface area (Å²) in [5.74, 6) is 1.74. The molecule has 0 bridgehead atoms. The molecule has 0 radical (unpaired) electrons. The monoisotopic (exact) mass is 302 g/mol. The Morgan fingerprint density at radius 3 is 2.77 bits per heavy atom. The lowest BCUT2D eigenvalue weighted by Crippen LogP contribution is -2.44. The van der Waals surface area contributed by atoms with Crippen LogP contribution in [0.4, 0.5) is 0 Å². The Bertz CT molecular complexity index is 623. The maximum atomic E-state index is 5.87. The number of aromatic nitrogens is 5. The number of morpholine rings is 1. The predicted molar refractivity (Wildman–Crippen MR) is 81.3 cm³/mol. The Morgan fingerprint density at radius 1 is 1.23 bits per heavy atom. The molecule has 0 aliphatic carbocycles. The standard InChI is InChI=1S/C15H22N6O/c1-11-6-17-14(7-16-11)8-20-4-5-22-15(9-20)10-21-13(3)18-12(2)19-21/h6-7,15H,4-5,8-10H2,1-3H3/t15-/m1/s1. The molecule has 2 aromatic rings. The fourth-order valence-corrected chi connectivity index (χ4v) is 2.69. The molecule has 0 saturated carbocycles. The third-order valence-corrected chi connectivity index (χ3v) is 3.78. The molecule has 0 N–H and O–H groups in total. The first-order valence-electron chi connectivity index (χ1n) is 7.59. The van der Waals surface area contributed by atoms with E-state index in [0.717, 1.165) is 55.8 Å². The largest absolute Gasteiger partial charge is 0.374 e. The molecule has 1 aliphatic rings. The van der Waals surface area contributed by atoms with Crippen molar-refractivity contribution in [2.45, 2.75) is 40.0 Å². The lowest BCUT2D eigenvalue weighted by Gasteiger charge is -2.32. The summed E-state index contributed by atoms with van der Waals surface area (Å²) in [4.78, 5) is 15.4. The third-order valence-electron chi connectivity index (χ3n) is 3.78. The summed E-state index contributed by atoms with van der Waals surface area (Å²) in [7, 11) is 0. The maximum absolute atomic E-state index is 5.87. The van der Waals surface area contributed by atoms with Crippen molar-refractivity contribution in [2.24, 2.45) is 0 Å². The van der Waals surface area contributed by atoms with Gasteiger partial charge in [-0.3, -0.25) is 14.9 Å². The molecule has 0 spiro atoms. The lowest BCUT2D eigenvalue weighted by atomic mass is 10.2. The summed E-state index contributed by atoms with van der Waals surface area (Å²) in [5, 5.41) is 4.41. The molecule has 3 heterocycles. The highest BCUT2D eigenvalue weighted by Gasteiger charge is 2.22. The van der Waals surface area contributed by atoms with Crippen molar-refractivity contribution < 1.29 is 4.74 Å². The van der Waals surface area contributed by atoms with E-state index in [9.17, 15) is 0 Å². The highest BCUT2D eigenvalue weighted by atomic mass is 16.5. The number of hydrogen-bond acceptors (Lipinski definition) is 6. The van der Waals surface area contributed by atoms with Crippen molar-refractivity contribution in [1.82, 2.24) is 29.6 Å². The van der Waals surface area contributed by atoms with Crippen molar-refractivity contribution in [3.8, 4) is 0 Å². The van der Waals surface area contributed by atoms with Gasteiger partial charge in [-0.25, -0.2) is 9.67 Å². The summed E-state index contributed by atoms with van der Waals surface area (Å²) in [6.07, 6.45) is 3.80. The van der Waals surface area contributed by atoms with Gasteiger partial charge in [0.1, 0.15) is 11.6 Å². The highest BCUT2D eigenvalue weighted by molar-refractivity contribution is 5.00. The average Bonchev–Trinajstić information content (AvgIpc) is 2.80. The summed E-state index contributed by atoms with van der Waals surface area (Å²) >= 11 is 0. The molecular weight excluding hydrogens is 280 g/mol. The summed E-state index contributed by atoms with van der Waals surface area (Å²) in [5.41, 5.74) is 1.94. The molecule has 1 saturated heterocycles. The van der Waals surface area contributed by atoms with Crippen molar-refractivity contribution >= 4 is 0 Å². The van der Waals surface area contributed by atoms with Crippen LogP contribution >= 0.6 is 0 Å². The highest BCUT2D eigenvalue weighted by Crippen LogP contribution is 2.11. The van der Waals surface area contributed by atoms with Crippen LogP contribution in [0.25, 0.3) is 0 Å². The molecular formula is C15H22N6O. The van der Waals surface area contributed by atoms with Crippen molar-refractivity contribution in [3.63, 3.8) is 0 Å². The van der Waals surface area contributed by atoms with Crippen molar-refractivity contribution in [2.75, 3.05) is 19.7 Å². The minimum atomic E-state index is 0.131. The number of nitrogens with zero attached hydrogens (tertiary/aromatic N) is 6. The quantitative estimate of drug-likeness (QED) is 0.835. The van der Waals surface area contributed by atoms with Crippen LogP contribution in [0.3, 0.4) is 0 Å². The van der Waals surface area contributed by atoms with Gasteiger partial charge in [-0.1, -0.05) is 0 Å². The zero-order valence-corrected chi connectivity index (χ0v) is 13.4. The minimum absolute atomic E-state index is 0.131. The molecule has 1 atom stereocenters. The first-order chi connectivity index (χ1) is 10.6. The predicted octanol–water partition coefficient (Wildman–Crippen LogP) is 0.894. The number of rotatable bonds is 4. The SMILES string of the molecule is Cc1cnc(CN2CCO[C@@H](Cn3nc(C)nc3C)C2)cn1. The summed E-state index contributed by atoms with van der Waals surface area (Å²) < 4.78 is 7.79. The second kappa shape index (κ2) is 6.50. The van der Waals surface area contributed by atoms with E-state index >= 15 is 0 Å². The molecule has 0 amide bonds. The minimum Gasteiger partial charge on any atom is -0.374 e. The molecule has 0 unspecified atom stereocenters. The molecule has 22 heavy (non-hydrogen) atoms. The molecule has 118 valence electrons. The Balaban J connectivity index is 1.59. The van der Waals surface area contributed by atoms with Crippen LogP contribution in [-0.4, -0.2) is 55.4 Å². The normalized spacial score (nSPS) is 19.5. The molecule has 1 aliphatic heterocycles. The van der Waals surface area contributed by atoms with E-state index in [4.69, 9.17) is 4.74 Å². The van der Waals surface area contributed by atoms with Crippen LogP contribution in [0.1, 0.15) is 23.0 Å². The van der Waals surface area contributed by atoms with Gasteiger partial charge in [0.05, 0.1) is 30.6 Å². The van der Waals surface area contributed by atoms with Gasteiger partial charge in [0.2, 0.25) is 0 Å². The average molecular weight is 302 g/mol. The molecule has 0 aromatic carbocycles. The van der Waals surface area contributed by atoms with Crippen LogP contribution in [0, 0.1) is 20.8 Å². The molecule has 3 rings (SSSR count). The van der Waals surface area contributed by atoms with Gasteiger partial charge in [0.25, 0.3) is 0 Å². The number of hydrogen-bond donors (Lipinski definition) is 0. The molecule has 7 heteroatoms. The van der Waals surface area contributed by atoms with Gasteiger partial charge >= 0.3 is 0 Å². The lowest BCUT2D eigenvalue weighted by molar-refractivity contribution is -0.0409. The number of aryl methyl sites for hydroxylation is 3. The first kappa shape index (κ1) is 15.1. The fourth-order valence-electron chi connectivity index (χ4n) is 2.69. The van der Waals surface area contributed by atoms with E-state index in [1.165, 1.54) is 0 Å².